The Morgan fingerprint density at radius 1 is 1.00 bits per heavy atom. The first-order valence-electron chi connectivity index (χ1n) is 4.26. The monoisotopic (exact) mass is 175 g/mol. The first kappa shape index (κ1) is 11.6. The predicted octanol–water partition coefficient (Wildman–Crippen LogP) is 3.67. The van der Waals surface area contributed by atoms with Gasteiger partial charge in [-0.15, -0.1) is 0 Å². The van der Waals surface area contributed by atoms with Gasteiger partial charge in [0.25, 0.3) is 0 Å². The van der Waals surface area contributed by atoms with Crippen LogP contribution in [0.1, 0.15) is 20.8 Å². The maximum absolute atomic E-state index is 4.38. The summed E-state index contributed by atoms with van der Waals surface area (Å²) in [4.78, 5) is 4.38. The minimum Gasteiger partial charge on any atom is -0.258 e. The van der Waals surface area contributed by atoms with E-state index in [9.17, 15) is 0 Å². The van der Waals surface area contributed by atoms with Gasteiger partial charge in [0.1, 0.15) is 0 Å². The van der Waals surface area contributed by atoms with Gasteiger partial charge in [-0.05, 0) is 32.4 Å². The molecule has 0 saturated carbocycles. The molecule has 0 amide bonds. The predicted molar refractivity (Wildman–Crippen MR) is 61.0 cm³/mol. The van der Waals surface area contributed by atoms with E-state index in [4.69, 9.17) is 0 Å². The van der Waals surface area contributed by atoms with Crippen LogP contribution in [-0.4, -0.2) is 5.71 Å². The van der Waals surface area contributed by atoms with Crippen LogP contribution in [0.5, 0.6) is 0 Å². The first-order chi connectivity index (χ1) is 6.11. The molecule has 0 radical (unpaired) electrons. The first-order valence-corrected chi connectivity index (χ1v) is 4.26. The lowest BCUT2D eigenvalue weighted by molar-refractivity contribution is 1.27. The van der Waals surface area contributed by atoms with Crippen LogP contribution in [0.15, 0.2) is 53.7 Å². The summed E-state index contributed by atoms with van der Waals surface area (Å²) in [6, 6.07) is 0. The number of hydrogen-bond acceptors (Lipinski definition) is 1. The molecule has 13 heavy (non-hydrogen) atoms. The third-order valence-corrected chi connectivity index (χ3v) is 1.39. The van der Waals surface area contributed by atoms with Crippen molar-refractivity contribution in [1.82, 2.24) is 0 Å². The van der Waals surface area contributed by atoms with E-state index < -0.39 is 0 Å². The van der Waals surface area contributed by atoms with Crippen LogP contribution in [0.25, 0.3) is 0 Å². The van der Waals surface area contributed by atoms with E-state index in [-0.39, 0.29) is 0 Å². The zero-order valence-electron chi connectivity index (χ0n) is 8.67. The molecule has 70 valence electrons. The number of allylic oxidation sites excluding steroid dienone is 5. The Hall–Kier alpha value is -1.37. The summed E-state index contributed by atoms with van der Waals surface area (Å²) in [5.41, 5.74) is 3.07. The quantitative estimate of drug-likeness (QED) is 0.456. The molecular formula is C12H17N. The Morgan fingerprint density at radius 2 is 1.54 bits per heavy atom. The number of nitrogens with zero attached hydrogens (tertiary/aromatic N) is 1. The summed E-state index contributed by atoms with van der Waals surface area (Å²) in [5.74, 6) is 0. The molecule has 0 bridgehead atoms. The summed E-state index contributed by atoms with van der Waals surface area (Å²) in [7, 11) is 0. The Kier molecular flexibility index (Phi) is 5.53. The topological polar surface area (TPSA) is 12.4 Å². The Balaban J connectivity index is 4.93. The van der Waals surface area contributed by atoms with Gasteiger partial charge in [-0.1, -0.05) is 31.4 Å². The highest BCUT2D eigenvalue weighted by molar-refractivity contribution is 5.80. The van der Waals surface area contributed by atoms with Crippen molar-refractivity contribution in [2.45, 2.75) is 20.8 Å². The highest BCUT2D eigenvalue weighted by Gasteiger charge is 1.94. The van der Waals surface area contributed by atoms with Crippen LogP contribution in [0.4, 0.5) is 0 Å². The largest absolute Gasteiger partial charge is 0.258 e. The lowest BCUT2D eigenvalue weighted by Crippen LogP contribution is -1.86. The van der Waals surface area contributed by atoms with Crippen molar-refractivity contribution >= 4 is 5.71 Å². The van der Waals surface area contributed by atoms with Crippen molar-refractivity contribution in [2.75, 3.05) is 0 Å². The van der Waals surface area contributed by atoms with Gasteiger partial charge < -0.3 is 0 Å². The molecule has 0 saturated heterocycles. The van der Waals surface area contributed by atoms with E-state index in [1.54, 1.807) is 12.2 Å². The molecule has 1 nitrogen and oxygen atoms in total. The summed E-state index contributed by atoms with van der Waals surface area (Å²) in [5, 5.41) is 0. The summed E-state index contributed by atoms with van der Waals surface area (Å²) in [6.45, 7) is 13.2. The van der Waals surface area contributed by atoms with Gasteiger partial charge in [0.15, 0.2) is 0 Å². The summed E-state index contributed by atoms with van der Waals surface area (Å²) < 4.78 is 0. The van der Waals surface area contributed by atoms with E-state index in [0.717, 1.165) is 17.0 Å². The van der Waals surface area contributed by atoms with Gasteiger partial charge >= 0.3 is 0 Å². The maximum atomic E-state index is 4.38. The Bertz CT molecular complexity index is 273. The molecule has 0 aromatic carbocycles. The van der Waals surface area contributed by atoms with E-state index in [1.807, 2.05) is 32.9 Å². The summed E-state index contributed by atoms with van der Waals surface area (Å²) in [6.07, 6.45) is 7.32. The average Bonchev–Trinajstić information content (AvgIpc) is 2.03. The summed E-state index contributed by atoms with van der Waals surface area (Å²) >= 11 is 0. The third kappa shape index (κ3) is 4.96. The van der Waals surface area contributed by atoms with Crippen LogP contribution in [-0.2, 0) is 0 Å². The van der Waals surface area contributed by atoms with Crippen LogP contribution in [0, 0.1) is 0 Å². The molecule has 0 unspecified atom stereocenters. The normalized spacial score (nSPS) is 12.2. The van der Waals surface area contributed by atoms with Crippen LogP contribution in [0.2, 0.25) is 0 Å². The maximum Gasteiger partial charge on any atom is 0.0657 e. The zero-order valence-corrected chi connectivity index (χ0v) is 8.67. The molecule has 0 N–H and O–H groups in total. The SMILES string of the molecule is C=C/C=C(C)\C(=C/C=C)N=C(C)C. The molecule has 0 aliphatic rings. The Morgan fingerprint density at radius 3 is 1.92 bits per heavy atom. The highest BCUT2D eigenvalue weighted by Crippen LogP contribution is 2.11. The molecule has 0 aromatic heterocycles. The molecule has 0 fully saturated rings. The lowest BCUT2D eigenvalue weighted by Gasteiger charge is -2.00. The van der Waals surface area contributed by atoms with Crippen molar-refractivity contribution in [3.05, 3.63) is 48.7 Å². The molecule has 0 heterocycles. The number of rotatable bonds is 4. The Labute approximate surface area is 80.9 Å². The fraction of sp³-hybridized carbons (Fsp3) is 0.250. The van der Waals surface area contributed by atoms with Crippen molar-refractivity contribution in [3.63, 3.8) is 0 Å². The number of aliphatic imine (C=N–C) groups is 1. The third-order valence-electron chi connectivity index (χ3n) is 1.39. The minimum atomic E-state index is 0.940. The molecular weight excluding hydrogens is 158 g/mol. The minimum absolute atomic E-state index is 0.940. The van der Waals surface area contributed by atoms with E-state index >= 15 is 0 Å². The smallest absolute Gasteiger partial charge is 0.0657 e. The van der Waals surface area contributed by atoms with Gasteiger partial charge in [-0.3, -0.25) is 4.99 Å². The molecule has 1 heteroatoms. The van der Waals surface area contributed by atoms with E-state index in [2.05, 4.69) is 18.2 Å². The average molecular weight is 175 g/mol. The standard InChI is InChI=1S/C12H17N/c1-6-8-11(5)12(9-7-2)13-10(3)4/h6-9H,1-2H2,3-5H3/b11-8-,12-9+. The lowest BCUT2D eigenvalue weighted by atomic mass is 10.2. The fourth-order valence-corrected chi connectivity index (χ4v) is 0.872. The molecule has 0 aliphatic heterocycles. The van der Waals surface area contributed by atoms with E-state index in [1.165, 1.54) is 0 Å². The van der Waals surface area contributed by atoms with Gasteiger partial charge in [-0.25, -0.2) is 0 Å². The number of hydrogen-bond donors (Lipinski definition) is 0. The second kappa shape index (κ2) is 6.18. The van der Waals surface area contributed by atoms with Gasteiger partial charge in [0.2, 0.25) is 0 Å². The molecule has 0 aliphatic carbocycles. The second-order valence-electron chi connectivity index (χ2n) is 2.93. The fourth-order valence-electron chi connectivity index (χ4n) is 0.872. The van der Waals surface area contributed by atoms with Crippen molar-refractivity contribution in [3.8, 4) is 0 Å². The zero-order chi connectivity index (χ0) is 10.3. The van der Waals surface area contributed by atoms with Gasteiger partial charge in [0.05, 0.1) is 5.70 Å². The molecule has 0 aromatic rings. The van der Waals surface area contributed by atoms with Crippen molar-refractivity contribution in [2.24, 2.45) is 4.99 Å². The highest BCUT2D eigenvalue weighted by atomic mass is 14.7. The molecule has 0 spiro atoms. The van der Waals surface area contributed by atoms with Crippen LogP contribution in [0.3, 0.4) is 0 Å². The van der Waals surface area contributed by atoms with Crippen molar-refractivity contribution < 1.29 is 0 Å². The van der Waals surface area contributed by atoms with E-state index in [0.29, 0.717) is 0 Å². The van der Waals surface area contributed by atoms with Crippen LogP contribution < -0.4 is 0 Å². The molecule has 0 atom stereocenters. The molecule has 0 rings (SSSR count). The van der Waals surface area contributed by atoms with Crippen LogP contribution >= 0.6 is 0 Å². The van der Waals surface area contributed by atoms with Gasteiger partial charge in [0, 0.05) is 5.71 Å². The second-order valence-corrected chi connectivity index (χ2v) is 2.93. The van der Waals surface area contributed by atoms with Crippen molar-refractivity contribution in [1.29, 1.82) is 0 Å². The van der Waals surface area contributed by atoms with Gasteiger partial charge in [-0.2, -0.15) is 0 Å².